The van der Waals surface area contributed by atoms with Crippen LogP contribution < -0.4 is 10.3 Å². The van der Waals surface area contributed by atoms with Gasteiger partial charge in [-0.15, -0.1) is 11.3 Å². The molecule has 0 amide bonds. The molecular weight excluding hydrogens is 480 g/mol. The highest BCUT2D eigenvalue weighted by atomic mass is 79.9. The molecule has 0 unspecified atom stereocenters. The molecule has 5 rings (SSSR count). The maximum atomic E-state index is 13.2. The first kappa shape index (κ1) is 19.7. The van der Waals surface area contributed by atoms with Gasteiger partial charge >= 0.3 is 0 Å². The van der Waals surface area contributed by atoms with Gasteiger partial charge in [0.2, 0.25) is 11.7 Å². The normalized spacial score (nSPS) is 11.2. The smallest absolute Gasteiger partial charge is 0.263 e. The van der Waals surface area contributed by atoms with E-state index in [0.29, 0.717) is 27.7 Å². The maximum absolute atomic E-state index is 13.2. The van der Waals surface area contributed by atoms with Crippen molar-refractivity contribution in [1.82, 2.24) is 19.7 Å². The third kappa shape index (κ3) is 3.66. The highest BCUT2D eigenvalue weighted by Gasteiger charge is 2.17. The molecule has 154 valence electrons. The molecular formula is C22H15BrN4O3S. The van der Waals surface area contributed by atoms with Crippen molar-refractivity contribution in [2.24, 2.45) is 0 Å². The van der Waals surface area contributed by atoms with Crippen LogP contribution in [0.3, 0.4) is 0 Å². The van der Waals surface area contributed by atoms with Crippen LogP contribution in [0.25, 0.3) is 32.7 Å². The number of ether oxygens (including phenoxy) is 1. The van der Waals surface area contributed by atoms with Gasteiger partial charge in [0.15, 0.2) is 0 Å². The van der Waals surface area contributed by atoms with E-state index >= 15 is 0 Å². The molecule has 0 radical (unpaired) electrons. The van der Waals surface area contributed by atoms with Crippen LogP contribution in [0.5, 0.6) is 5.75 Å². The van der Waals surface area contributed by atoms with Crippen LogP contribution in [0.4, 0.5) is 0 Å². The van der Waals surface area contributed by atoms with E-state index in [2.05, 4.69) is 31.1 Å². The Kier molecular flexibility index (Phi) is 5.13. The summed E-state index contributed by atoms with van der Waals surface area (Å²) < 4.78 is 13.2. The Morgan fingerprint density at radius 1 is 1.13 bits per heavy atom. The number of benzene rings is 2. The summed E-state index contributed by atoms with van der Waals surface area (Å²) in [6.45, 7) is 0.125. The van der Waals surface area contributed by atoms with Crippen molar-refractivity contribution in [3.8, 4) is 28.3 Å². The van der Waals surface area contributed by atoms with Gasteiger partial charge in [0, 0.05) is 15.4 Å². The molecule has 0 aliphatic carbocycles. The minimum Gasteiger partial charge on any atom is -0.496 e. The number of hydrogen-bond donors (Lipinski definition) is 0. The Bertz CT molecular complexity index is 1440. The van der Waals surface area contributed by atoms with Gasteiger partial charge in [0.25, 0.3) is 5.56 Å². The van der Waals surface area contributed by atoms with Crippen molar-refractivity contribution in [2.45, 2.75) is 6.54 Å². The zero-order valence-electron chi connectivity index (χ0n) is 16.3. The molecule has 0 fully saturated rings. The average Bonchev–Trinajstić information content (AvgIpc) is 3.44. The van der Waals surface area contributed by atoms with Crippen molar-refractivity contribution < 1.29 is 9.26 Å². The third-order valence-corrected chi connectivity index (χ3v) is 6.25. The number of fused-ring (bicyclic) bond motifs is 1. The summed E-state index contributed by atoms with van der Waals surface area (Å²) in [5.41, 5.74) is 2.39. The van der Waals surface area contributed by atoms with Crippen LogP contribution in [-0.2, 0) is 6.54 Å². The summed E-state index contributed by atoms with van der Waals surface area (Å²) in [5, 5.41) is 6.58. The summed E-state index contributed by atoms with van der Waals surface area (Å²) in [7, 11) is 1.59. The SMILES string of the molecule is COc1ccccc1-c1noc(Cn2cnc3scc(-c4ccc(Br)cc4)c3c2=O)n1. The molecule has 5 aromatic rings. The summed E-state index contributed by atoms with van der Waals surface area (Å²) in [4.78, 5) is 22.8. The van der Waals surface area contributed by atoms with Crippen molar-refractivity contribution in [2.75, 3.05) is 7.11 Å². The molecule has 0 aliphatic rings. The molecule has 0 saturated heterocycles. The Hall–Kier alpha value is -3.30. The van der Waals surface area contributed by atoms with Gasteiger partial charge in [-0.05, 0) is 29.8 Å². The number of rotatable bonds is 5. The fourth-order valence-corrected chi connectivity index (χ4v) is 4.50. The Morgan fingerprint density at radius 3 is 2.74 bits per heavy atom. The predicted octanol–water partition coefficient (Wildman–Crippen LogP) is 4.99. The number of hydrogen-bond acceptors (Lipinski definition) is 7. The number of methoxy groups -OCH3 is 1. The van der Waals surface area contributed by atoms with Crippen LogP contribution in [0.15, 0.2) is 74.0 Å². The lowest BCUT2D eigenvalue weighted by Crippen LogP contribution is -2.21. The van der Waals surface area contributed by atoms with Gasteiger partial charge in [0.1, 0.15) is 17.1 Å². The summed E-state index contributed by atoms with van der Waals surface area (Å²) in [6, 6.07) is 15.3. The van der Waals surface area contributed by atoms with Crippen molar-refractivity contribution in [3.05, 3.63) is 81.0 Å². The van der Waals surface area contributed by atoms with Crippen LogP contribution >= 0.6 is 27.3 Å². The van der Waals surface area contributed by atoms with Gasteiger partial charge in [-0.2, -0.15) is 4.98 Å². The average molecular weight is 495 g/mol. The lowest BCUT2D eigenvalue weighted by molar-refractivity contribution is 0.369. The first-order valence-corrected chi connectivity index (χ1v) is 11.0. The van der Waals surface area contributed by atoms with E-state index in [1.54, 1.807) is 7.11 Å². The van der Waals surface area contributed by atoms with Crippen LogP contribution in [0, 0.1) is 0 Å². The number of aromatic nitrogens is 4. The van der Waals surface area contributed by atoms with Gasteiger partial charge in [-0.3, -0.25) is 9.36 Å². The van der Waals surface area contributed by atoms with Gasteiger partial charge in [-0.1, -0.05) is 45.4 Å². The molecule has 0 spiro atoms. The monoisotopic (exact) mass is 494 g/mol. The molecule has 3 heterocycles. The summed E-state index contributed by atoms with van der Waals surface area (Å²) in [6.07, 6.45) is 1.51. The van der Waals surface area contributed by atoms with E-state index in [-0.39, 0.29) is 12.1 Å². The predicted molar refractivity (Wildman–Crippen MR) is 122 cm³/mol. The molecule has 0 bridgehead atoms. The van der Waals surface area contributed by atoms with Gasteiger partial charge in [0.05, 0.1) is 24.4 Å². The quantitative estimate of drug-likeness (QED) is 0.342. The molecule has 0 atom stereocenters. The fraction of sp³-hybridized carbons (Fsp3) is 0.0909. The summed E-state index contributed by atoms with van der Waals surface area (Å²) in [5.74, 6) is 1.36. The molecule has 0 N–H and O–H groups in total. The summed E-state index contributed by atoms with van der Waals surface area (Å²) >= 11 is 4.89. The van der Waals surface area contributed by atoms with Crippen molar-refractivity contribution >= 4 is 37.5 Å². The second-order valence-electron chi connectivity index (χ2n) is 6.73. The van der Waals surface area contributed by atoms with E-state index in [1.165, 1.54) is 22.2 Å². The molecule has 9 heteroatoms. The molecule has 31 heavy (non-hydrogen) atoms. The molecule has 2 aromatic carbocycles. The van der Waals surface area contributed by atoms with Crippen molar-refractivity contribution in [1.29, 1.82) is 0 Å². The Morgan fingerprint density at radius 2 is 1.94 bits per heavy atom. The lowest BCUT2D eigenvalue weighted by Gasteiger charge is -2.04. The number of halogens is 1. The number of nitrogens with zero attached hydrogens (tertiary/aromatic N) is 4. The van der Waals surface area contributed by atoms with Crippen LogP contribution in [0.2, 0.25) is 0 Å². The minimum atomic E-state index is -0.152. The fourth-order valence-electron chi connectivity index (χ4n) is 3.33. The highest BCUT2D eigenvalue weighted by Crippen LogP contribution is 2.31. The highest BCUT2D eigenvalue weighted by molar-refractivity contribution is 9.10. The Balaban J connectivity index is 1.51. The van der Waals surface area contributed by atoms with E-state index in [9.17, 15) is 4.79 Å². The number of para-hydroxylation sites is 1. The zero-order chi connectivity index (χ0) is 21.4. The second kappa shape index (κ2) is 8.09. The maximum Gasteiger partial charge on any atom is 0.263 e. The van der Waals surface area contributed by atoms with Crippen LogP contribution in [-0.4, -0.2) is 26.8 Å². The van der Waals surface area contributed by atoms with Crippen molar-refractivity contribution in [3.63, 3.8) is 0 Å². The lowest BCUT2D eigenvalue weighted by atomic mass is 10.1. The van der Waals surface area contributed by atoms with Crippen LogP contribution in [0.1, 0.15) is 5.89 Å². The standard InChI is InChI=1S/C22H15BrN4O3S/c1-29-17-5-3-2-4-15(17)20-25-18(30-26-20)10-27-12-24-21-19(22(27)28)16(11-31-21)13-6-8-14(23)9-7-13/h2-9,11-12H,10H2,1H3. The number of thiophene rings is 1. The molecule has 0 saturated carbocycles. The van der Waals surface area contributed by atoms with E-state index in [0.717, 1.165) is 21.2 Å². The molecule has 0 aliphatic heterocycles. The minimum absolute atomic E-state index is 0.125. The van der Waals surface area contributed by atoms with Gasteiger partial charge in [-0.25, -0.2) is 4.98 Å². The van der Waals surface area contributed by atoms with E-state index in [1.807, 2.05) is 53.9 Å². The Labute approximate surface area is 189 Å². The zero-order valence-corrected chi connectivity index (χ0v) is 18.7. The molecule has 7 nitrogen and oxygen atoms in total. The topological polar surface area (TPSA) is 83.0 Å². The first-order valence-electron chi connectivity index (χ1n) is 9.32. The van der Waals surface area contributed by atoms with E-state index in [4.69, 9.17) is 9.26 Å². The second-order valence-corrected chi connectivity index (χ2v) is 8.50. The van der Waals surface area contributed by atoms with E-state index < -0.39 is 0 Å². The largest absolute Gasteiger partial charge is 0.496 e. The first-order chi connectivity index (χ1) is 15.1. The molecule has 3 aromatic heterocycles. The van der Waals surface area contributed by atoms with Gasteiger partial charge < -0.3 is 9.26 Å². The third-order valence-electron chi connectivity index (χ3n) is 4.84.